The minimum absolute atomic E-state index is 0.0151. The Hall–Kier alpha value is -1.33. The molecule has 5 nitrogen and oxygen atoms in total. The van der Waals surface area contributed by atoms with Gasteiger partial charge in [0.25, 0.3) is 5.91 Å². The maximum atomic E-state index is 13.3. The third-order valence-electron chi connectivity index (χ3n) is 5.93. The van der Waals surface area contributed by atoms with Gasteiger partial charge in [0, 0.05) is 29.9 Å². The van der Waals surface area contributed by atoms with E-state index in [1.54, 1.807) is 0 Å². The van der Waals surface area contributed by atoms with Gasteiger partial charge >= 0.3 is 0 Å². The van der Waals surface area contributed by atoms with Crippen LogP contribution in [0.15, 0.2) is 6.07 Å². The molecule has 3 unspecified atom stereocenters. The van der Waals surface area contributed by atoms with E-state index in [1.807, 2.05) is 17.9 Å². The summed E-state index contributed by atoms with van der Waals surface area (Å²) in [4.78, 5) is 15.3. The summed E-state index contributed by atoms with van der Waals surface area (Å²) in [7, 11) is 0. The molecule has 140 valence electrons. The molecule has 3 rings (SSSR count). The van der Waals surface area contributed by atoms with Crippen molar-refractivity contribution in [1.82, 2.24) is 9.47 Å². The standard InChI is InChI=1S/C20H32N2O3/c1-13(2)22-14(3)11-17(15(22)4)20(24)21-9-10-25-12-18(21)16-7-5-6-8-19(16)23/h11,13,16,18-19,23H,5-10,12H2,1-4H3. The lowest BCUT2D eigenvalue weighted by molar-refractivity contribution is -0.0562. The number of carbonyl (C=O) groups excluding carboxylic acids is 1. The molecule has 1 aromatic heterocycles. The van der Waals surface area contributed by atoms with Crippen molar-refractivity contribution in [2.24, 2.45) is 5.92 Å². The predicted octanol–water partition coefficient (Wildman–Crippen LogP) is 3.08. The minimum Gasteiger partial charge on any atom is -0.393 e. The number of aryl methyl sites for hydroxylation is 1. The van der Waals surface area contributed by atoms with E-state index < -0.39 is 0 Å². The highest BCUT2D eigenvalue weighted by molar-refractivity contribution is 5.96. The predicted molar refractivity (Wildman–Crippen MR) is 97.9 cm³/mol. The average molecular weight is 348 g/mol. The molecule has 2 aliphatic rings. The number of aromatic nitrogens is 1. The largest absolute Gasteiger partial charge is 0.393 e. The Balaban J connectivity index is 1.87. The Bertz CT molecular complexity index is 623. The van der Waals surface area contributed by atoms with Crippen LogP contribution in [0.25, 0.3) is 0 Å². The number of hydrogen-bond donors (Lipinski definition) is 1. The number of ether oxygens (including phenoxy) is 1. The van der Waals surface area contributed by atoms with Crippen LogP contribution in [0.1, 0.15) is 67.3 Å². The van der Waals surface area contributed by atoms with E-state index in [4.69, 9.17) is 4.74 Å². The molecule has 0 spiro atoms. The summed E-state index contributed by atoms with van der Waals surface area (Å²) in [6.07, 6.45) is 3.70. The zero-order chi connectivity index (χ0) is 18.1. The highest BCUT2D eigenvalue weighted by atomic mass is 16.5. The highest BCUT2D eigenvalue weighted by Gasteiger charge is 2.39. The Morgan fingerprint density at radius 3 is 2.64 bits per heavy atom. The first-order valence-corrected chi connectivity index (χ1v) is 9.67. The van der Waals surface area contributed by atoms with Gasteiger partial charge in [0.05, 0.1) is 30.9 Å². The van der Waals surface area contributed by atoms with Crippen LogP contribution in [-0.2, 0) is 4.74 Å². The molecule has 3 atom stereocenters. The average Bonchev–Trinajstić information content (AvgIpc) is 2.89. The number of nitrogens with zero attached hydrogens (tertiary/aromatic N) is 2. The quantitative estimate of drug-likeness (QED) is 0.913. The summed E-state index contributed by atoms with van der Waals surface area (Å²) >= 11 is 0. The molecule has 1 saturated carbocycles. The van der Waals surface area contributed by atoms with Gasteiger partial charge in [-0.1, -0.05) is 12.8 Å². The van der Waals surface area contributed by atoms with Crippen LogP contribution in [0.4, 0.5) is 0 Å². The molecule has 0 bridgehead atoms. The second-order valence-electron chi connectivity index (χ2n) is 7.91. The smallest absolute Gasteiger partial charge is 0.256 e. The maximum Gasteiger partial charge on any atom is 0.256 e. The van der Waals surface area contributed by atoms with E-state index in [2.05, 4.69) is 25.3 Å². The number of hydrogen-bond acceptors (Lipinski definition) is 3. The van der Waals surface area contributed by atoms with Gasteiger partial charge in [-0.25, -0.2) is 0 Å². The lowest BCUT2D eigenvalue weighted by Crippen LogP contribution is -2.55. The lowest BCUT2D eigenvalue weighted by Gasteiger charge is -2.43. The summed E-state index contributed by atoms with van der Waals surface area (Å²) in [5.74, 6) is 0.220. The molecule has 1 aromatic rings. The Morgan fingerprint density at radius 1 is 1.28 bits per heavy atom. The fraction of sp³-hybridized carbons (Fsp3) is 0.750. The Kier molecular flexibility index (Phi) is 5.54. The molecule has 25 heavy (non-hydrogen) atoms. The van der Waals surface area contributed by atoms with Crippen molar-refractivity contribution in [3.63, 3.8) is 0 Å². The number of rotatable bonds is 3. The van der Waals surface area contributed by atoms with Crippen molar-refractivity contribution in [3.8, 4) is 0 Å². The molecule has 0 aromatic carbocycles. The number of aliphatic hydroxyl groups excluding tert-OH is 1. The number of aliphatic hydroxyl groups is 1. The Morgan fingerprint density at radius 2 is 2.00 bits per heavy atom. The monoisotopic (exact) mass is 348 g/mol. The van der Waals surface area contributed by atoms with Crippen molar-refractivity contribution < 1.29 is 14.6 Å². The molecule has 1 amide bonds. The fourth-order valence-electron chi connectivity index (χ4n) is 4.76. The van der Waals surface area contributed by atoms with Gasteiger partial charge in [-0.3, -0.25) is 4.79 Å². The fourth-order valence-corrected chi connectivity index (χ4v) is 4.76. The highest BCUT2D eigenvalue weighted by Crippen LogP contribution is 2.32. The van der Waals surface area contributed by atoms with Gasteiger partial charge < -0.3 is 19.3 Å². The van der Waals surface area contributed by atoms with Crippen molar-refractivity contribution in [2.75, 3.05) is 19.8 Å². The number of amides is 1. The van der Waals surface area contributed by atoms with Gasteiger partial charge in [0.1, 0.15) is 0 Å². The minimum atomic E-state index is -0.321. The SMILES string of the molecule is Cc1cc(C(=O)N2CCOCC2C2CCCCC2O)c(C)n1C(C)C. The van der Waals surface area contributed by atoms with Crippen LogP contribution in [0.2, 0.25) is 0 Å². The molecule has 1 aliphatic heterocycles. The third kappa shape index (κ3) is 3.49. The second kappa shape index (κ2) is 7.50. The summed E-state index contributed by atoms with van der Waals surface area (Å²) in [5.41, 5.74) is 2.95. The first kappa shape index (κ1) is 18.5. The van der Waals surface area contributed by atoms with Crippen molar-refractivity contribution in [3.05, 3.63) is 23.0 Å². The summed E-state index contributed by atoms with van der Waals surface area (Å²) in [6.45, 7) is 10.1. The van der Waals surface area contributed by atoms with Crippen LogP contribution in [-0.4, -0.2) is 52.4 Å². The molecule has 2 fully saturated rings. The zero-order valence-electron chi connectivity index (χ0n) is 16.0. The van der Waals surface area contributed by atoms with E-state index in [-0.39, 0.29) is 24.0 Å². The first-order chi connectivity index (χ1) is 11.9. The van der Waals surface area contributed by atoms with E-state index in [9.17, 15) is 9.90 Å². The van der Waals surface area contributed by atoms with E-state index in [0.29, 0.717) is 25.8 Å². The molecule has 1 aliphatic carbocycles. The first-order valence-electron chi connectivity index (χ1n) is 9.67. The maximum absolute atomic E-state index is 13.3. The van der Waals surface area contributed by atoms with Crippen LogP contribution in [0.5, 0.6) is 0 Å². The van der Waals surface area contributed by atoms with Gasteiger partial charge in [-0.05, 0) is 46.6 Å². The normalized spacial score (nSPS) is 27.8. The molecular weight excluding hydrogens is 316 g/mol. The van der Waals surface area contributed by atoms with Gasteiger partial charge in [-0.15, -0.1) is 0 Å². The molecule has 1 N–H and O–H groups in total. The van der Waals surface area contributed by atoms with E-state index in [0.717, 1.165) is 42.6 Å². The molecule has 0 radical (unpaired) electrons. The second-order valence-corrected chi connectivity index (χ2v) is 7.91. The van der Waals surface area contributed by atoms with Gasteiger partial charge in [0.2, 0.25) is 0 Å². The van der Waals surface area contributed by atoms with Crippen LogP contribution in [0, 0.1) is 19.8 Å². The van der Waals surface area contributed by atoms with Gasteiger partial charge in [-0.2, -0.15) is 0 Å². The van der Waals surface area contributed by atoms with Crippen molar-refractivity contribution >= 4 is 5.91 Å². The van der Waals surface area contributed by atoms with Crippen LogP contribution < -0.4 is 0 Å². The topological polar surface area (TPSA) is 54.7 Å². The van der Waals surface area contributed by atoms with Crippen molar-refractivity contribution in [2.45, 2.75) is 71.6 Å². The van der Waals surface area contributed by atoms with E-state index >= 15 is 0 Å². The zero-order valence-corrected chi connectivity index (χ0v) is 16.0. The molecule has 2 heterocycles. The lowest BCUT2D eigenvalue weighted by atomic mass is 9.80. The van der Waals surface area contributed by atoms with Gasteiger partial charge in [0.15, 0.2) is 0 Å². The van der Waals surface area contributed by atoms with E-state index in [1.165, 1.54) is 0 Å². The molecular formula is C20H32N2O3. The molecule has 5 heteroatoms. The Labute approximate surface area is 151 Å². The third-order valence-corrected chi connectivity index (χ3v) is 5.93. The summed E-state index contributed by atoms with van der Waals surface area (Å²) in [5, 5.41) is 10.5. The van der Waals surface area contributed by atoms with Crippen LogP contribution in [0.3, 0.4) is 0 Å². The summed E-state index contributed by atoms with van der Waals surface area (Å²) in [6, 6.07) is 2.34. The number of carbonyl (C=O) groups is 1. The van der Waals surface area contributed by atoms with Crippen LogP contribution >= 0.6 is 0 Å². The summed E-state index contributed by atoms with van der Waals surface area (Å²) < 4.78 is 7.91. The number of morpholine rings is 1. The molecule has 1 saturated heterocycles. The van der Waals surface area contributed by atoms with Crippen molar-refractivity contribution in [1.29, 1.82) is 0 Å².